The largest absolute Gasteiger partial charge is 0.496 e. The van der Waals surface area contributed by atoms with E-state index in [1.165, 1.54) is 26.4 Å². The average Bonchev–Trinajstić information content (AvgIpc) is 2.43. The summed E-state index contributed by atoms with van der Waals surface area (Å²) in [5, 5.41) is 9.04. The number of hydrogen-bond acceptors (Lipinski definition) is 5. The number of hydrogen-bond donors (Lipinski definition) is 0. The maximum atomic E-state index is 11.5. The Kier molecular flexibility index (Phi) is 5.00. The van der Waals surface area contributed by atoms with E-state index in [4.69, 9.17) is 14.7 Å². The fourth-order valence-electron chi connectivity index (χ4n) is 1.42. The molecule has 18 heavy (non-hydrogen) atoms. The number of rotatable bonds is 5. The van der Waals surface area contributed by atoms with E-state index in [1.807, 2.05) is 13.0 Å². The lowest BCUT2D eigenvalue weighted by Crippen LogP contribution is -2.06. The van der Waals surface area contributed by atoms with Gasteiger partial charge in [0.1, 0.15) is 23.1 Å². The van der Waals surface area contributed by atoms with E-state index in [-0.39, 0.29) is 11.1 Å². The van der Waals surface area contributed by atoms with Gasteiger partial charge in [0.25, 0.3) is 0 Å². The van der Waals surface area contributed by atoms with Crippen LogP contribution in [0, 0.1) is 11.3 Å². The fourth-order valence-corrected chi connectivity index (χ4v) is 1.42. The Bertz CT molecular complexity index is 477. The Morgan fingerprint density at radius 3 is 2.56 bits per heavy atom. The molecule has 0 aliphatic carbocycles. The van der Waals surface area contributed by atoms with Gasteiger partial charge >= 0.3 is 5.97 Å². The van der Waals surface area contributed by atoms with Crippen LogP contribution in [0.2, 0.25) is 0 Å². The summed E-state index contributed by atoms with van der Waals surface area (Å²) in [5.74, 6) is 0.182. The number of carbonyl (C=O) groups is 1. The van der Waals surface area contributed by atoms with Gasteiger partial charge in [0.15, 0.2) is 0 Å². The highest BCUT2D eigenvalue weighted by Gasteiger charge is 2.17. The summed E-state index contributed by atoms with van der Waals surface area (Å²) in [6, 6.07) is 4.93. The van der Waals surface area contributed by atoms with Crippen molar-refractivity contribution in [2.24, 2.45) is 0 Å². The molecule has 96 valence electrons. The van der Waals surface area contributed by atoms with Crippen LogP contribution in [0.1, 0.15) is 29.3 Å². The third-order valence-electron chi connectivity index (χ3n) is 2.29. The second kappa shape index (κ2) is 6.50. The van der Waals surface area contributed by atoms with Crippen molar-refractivity contribution in [1.29, 1.82) is 5.26 Å². The first kappa shape index (κ1) is 13.8. The molecule has 5 nitrogen and oxygen atoms in total. The lowest BCUT2D eigenvalue weighted by atomic mass is 10.1. The minimum Gasteiger partial charge on any atom is -0.496 e. The van der Waals surface area contributed by atoms with Gasteiger partial charge < -0.3 is 14.2 Å². The predicted molar refractivity (Wildman–Crippen MR) is 64.8 cm³/mol. The summed E-state index contributed by atoms with van der Waals surface area (Å²) >= 11 is 0. The maximum absolute atomic E-state index is 11.5. The van der Waals surface area contributed by atoms with Gasteiger partial charge in [-0.2, -0.15) is 5.26 Å². The fraction of sp³-hybridized carbons (Fsp3) is 0.385. The standard InChI is InChI=1S/C13H15NO4/c1-4-5-18-11-7-12(16-2)10(13(15)17-3)6-9(11)8-14/h6-7H,4-5H2,1-3H3. The number of esters is 1. The number of methoxy groups -OCH3 is 2. The minimum atomic E-state index is -0.551. The van der Waals surface area contributed by atoms with Crippen molar-refractivity contribution in [3.05, 3.63) is 23.3 Å². The average molecular weight is 249 g/mol. The zero-order chi connectivity index (χ0) is 13.5. The van der Waals surface area contributed by atoms with Crippen LogP contribution in [-0.2, 0) is 4.74 Å². The monoisotopic (exact) mass is 249 g/mol. The van der Waals surface area contributed by atoms with E-state index in [2.05, 4.69) is 4.74 Å². The Morgan fingerprint density at radius 1 is 1.33 bits per heavy atom. The van der Waals surface area contributed by atoms with Crippen LogP contribution in [0.3, 0.4) is 0 Å². The topological polar surface area (TPSA) is 68.6 Å². The van der Waals surface area contributed by atoms with Gasteiger partial charge in [-0.3, -0.25) is 0 Å². The van der Waals surface area contributed by atoms with Crippen molar-refractivity contribution in [3.63, 3.8) is 0 Å². The molecule has 0 fully saturated rings. The molecule has 1 aromatic rings. The van der Waals surface area contributed by atoms with Gasteiger partial charge in [0.05, 0.1) is 26.4 Å². The highest BCUT2D eigenvalue weighted by molar-refractivity contribution is 5.93. The predicted octanol–water partition coefficient (Wildman–Crippen LogP) is 2.14. The van der Waals surface area contributed by atoms with E-state index in [0.29, 0.717) is 18.1 Å². The normalized spacial score (nSPS) is 9.44. The van der Waals surface area contributed by atoms with Crippen molar-refractivity contribution in [2.75, 3.05) is 20.8 Å². The molecule has 0 spiro atoms. The molecule has 0 amide bonds. The van der Waals surface area contributed by atoms with Gasteiger partial charge in [-0.15, -0.1) is 0 Å². The quantitative estimate of drug-likeness (QED) is 0.748. The highest BCUT2D eigenvalue weighted by Crippen LogP contribution is 2.29. The highest BCUT2D eigenvalue weighted by atomic mass is 16.5. The van der Waals surface area contributed by atoms with Crippen LogP contribution in [0.25, 0.3) is 0 Å². The summed E-state index contributed by atoms with van der Waals surface area (Å²) in [6.45, 7) is 2.46. The lowest BCUT2D eigenvalue weighted by molar-refractivity contribution is 0.0597. The maximum Gasteiger partial charge on any atom is 0.341 e. The molecule has 0 radical (unpaired) electrons. The molecular weight excluding hydrogens is 234 g/mol. The van der Waals surface area contributed by atoms with Crippen LogP contribution in [0.15, 0.2) is 12.1 Å². The molecule has 0 bridgehead atoms. The van der Waals surface area contributed by atoms with Crippen molar-refractivity contribution in [2.45, 2.75) is 13.3 Å². The Hall–Kier alpha value is -2.22. The van der Waals surface area contributed by atoms with Crippen LogP contribution in [-0.4, -0.2) is 26.8 Å². The van der Waals surface area contributed by atoms with Crippen molar-refractivity contribution < 1.29 is 19.0 Å². The zero-order valence-corrected chi connectivity index (χ0v) is 10.6. The van der Waals surface area contributed by atoms with Crippen LogP contribution in [0.5, 0.6) is 11.5 Å². The lowest BCUT2D eigenvalue weighted by Gasteiger charge is -2.11. The molecule has 0 saturated heterocycles. The molecule has 0 N–H and O–H groups in total. The summed E-state index contributed by atoms with van der Waals surface area (Å²) in [4.78, 5) is 11.5. The van der Waals surface area contributed by atoms with Crippen molar-refractivity contribution in [1.82, 2.24) is 0 Å². The molecule has 0 atom stereocenters. The summed E-state index contributed by atoms with van der Waals surface area (Å²) in [6.07, 6.45) is 0.825. The zero-order valence-electron chi connectivity index (χ0n) is 10.6. The Balaban J connectivity index is 3.24. The number of carbonyl (C=O) groups excluding carboxylic acids is 1. The third-order valence-corrected chi connectivity index (χ3v) is 2.29. The smallest absolute Gasteiger partial charge is 0.341 e. The first-order chi connectivity index (χ1) is 8.67. The first-order valence-corrected chi connectivity index (χ1v) is 5.51. The molecular formula is C13H15NO4. The number of ether oxygens (including phenoxy) is 3. The van der Waals surface area contributed by atoms with Gasteiger partial charge in [-0.05, 0) is 12.5 Å². The van der Waals surface area contributed by atoms with E-state index in [0.717, 1.165) is 6.42 Å². The molecule has 0 heterocycles. The van der Waals surface area contributed by atoms with E-state index in [1.54, 1.807) is 0 Å². The Labute approximate surface area is 106 Å². The molecule has 5 heteroatoms. The number of nitrogens with zero attached hydrogens (tertiary/aromatic N) is 1. The van der Waals surface area contributed by atoms with Gasteiger partial charge in [0, 0.05) is 6.07 Å². The van der Waals surface area contributed by atoms with Crippen molar-refractivity contribution in [3.8, 4) is 17.6 Å². The summed E-state index contributed by atoms with van der Waals surface area (Å²) < 4.78 is 15.2. The molecule has 1 rings (SSSR count). The third kappa shape index (κ3) is 2.92. The number of nitriles is 1. The van der Waals surface area contributed by atoms with Crippen LogP contribution < -0.4 is 9.47 Å². The van der Waals surface area contributed by atoms with Gasteiger partial charge in [0.2, 0.25) is 0 Å². The molecule has 1 aromatic carbocycles. The molecule has 0 aliphatic rings. The van der Waals surface area contributed by atoms with Gasteiger partial charge in [-0.1, -0.05) is 6.92 Å². The first-order valence-electron chi connectivity index (χ1n) is 5.51. The number of benzene rings is 1. The molecule has 0 aromatic heterocycles. The summed E-state index contributed by atoms with van der Waals surface area (Å²) in [5.41, 5.74) is 0.491. The van der Waals surface area contributed by atoms with Crippen LogP contribution in [0.4, 0.5) is 0 Å². The second-order valence-corrected chi connectivity index (χ2v) is 3.50. The van der Waals surface area contributed by atoms with E-state index in [9.17, 15) is 4.79 Å². The van der Waals surface area contributed by atoms with E-state index >= 15 is 0 Å². The summed E-state index contributed by atoms with van der Waals surface area (Å²) in [7, 11) is 2.72. The van der Waals surface area contributed by atoms with E-state index < -0.39 is 5.97 Å². The molecule has 0 aliphatic heterocycles. The molecule has 0 unspecified atom stereocenters. The SMILES string of the molecule is CCCOc1cc(OC)c(C(=O)OC)cc1C#N. The minimum absolute atomic E-state index is 0.209. The second-order valence-electron chi connectivity index (χ2n) is 3.50. The Morgan fingerprint density at radius 2 is 2.06 bits per heavy atom. The van der Waals surface area contributed by atoms with Crippen LogP contribution >= 0.6 is 0 Å². The van der Waals surface area contributed by atoms with Gasteiger partial charge in [-0.25, -0.2) is 4.79 Å². The molecule has 0 saturated carbocycles. The van der Waals surface area contributed by atoms with Crippen molar-refractivity contribution >= 4 is 5.97 Å².